The van der Waals surface area contributed by atoms with Gasteiger partial charge in [-0.15, -0.1) is 0 Å². The van der Waals surface area contributed by atoms with E-state index >= 15 is 0 Å². The van der Waals surface area contributed by atoms with Crippen molar-refractivity contribution in [3.05, 3.63) is 119 Å². The van der Waals surface area contributed by atoms with Crippen molar-refractivity contribution in [2.24, 2.45) is 9.98 Å². The zero-order chi connectivity index (χ0) is 23.6. The van der Waals surface area contributed by atoms with Gasteiger partial charge in [0.2, 0.25) is 0 Å². The quantitative estimate of drug-likeness (QED) is 0.259. The van der Waals surface area contributed by atoms with E-state index in [-0.39, 0.29) is 0 Å². The lowest BCUT2D eigenvalue weighted by atomic mass is 10.0. The third-order valence-electron chi connectivity index (χ3n) is 5.56. The van der Waals surface area contributed by atoms with Gasteiger partial charge in [0.1, 0.15) is 11.5 Å². The second-order valence-corrected chi connectivity index (χ2v) is 7.83. The highest BCUT2D eigenvalue weighted by molar-refractivity contribution is 5.86. The number of aryl methyl sites for hydroxylation is 2. The minimum Gasteiger partial charge on any atom is -0.496 e. The lowest BCUT2D eigenvalue weighted by Crippen LogP contribution is -1.91. The Hall–Kier alpha value is -4.18. The summed E-state index contributed by atoms with van der Waals surface area (Å²) in [7, 11) is 3.34. The Morgan fingerprint density at radius 3 is 1.29 bits per heavy atom. The Kier molecular flexibility index (Phi) is 7.86. The molecule has 0 aromatic heterocycles. The fourth-order valence-corrected chi connectivity index (χ4v) is 3.62. The van der Waals surface area contributed by atoms with Gasteiger partial charge >= 0.3 is 0 Å². The number of benzene rings is 4. The molecule has 34 heavy (non-hydrogen) atoms. The number of nitrogens with zero attached hydrogens (tertiary/aromatic N) is 2. The van der Waals surface area contributed by atoms with E-state index in [0.717, 1.165) is 46.8 Å². The molecular weight excluding hydrogens is 420 g/mol. The van der Waals surface area contributed by atoms with Crippen molar-refractivity contribution in [2.45, 2.75) is 12.8 Å². The fraction of sp³-hybridized carbons (Fsp3) is 0.133. The Balaban J connectivity index is 1.32. The lowest BCUT2D eigenvalue weighted by molar-refractivity contribution is 0.414. The fourth-order valence-electron chi connectivity index (χ4n) is 3.62. The van der Waals surface area contributed by atoms with Gasteiger partial charge < -0.3 is 9.47 Å². The molecule has 4 aromatic carbocycles. The minimum atomic E-state index is 0.819. The molecule has 0 aliphatic rings. The number of ether oxygens (including phenoxy) is 2. The summed E-state index contributed by atoms with van der Waals surface area (Å²) in [6.45, 7) is 0. The largest absolute Gasteiger partial charge is 0.496 e. The Morgan fingerprint density at radius 2 is 0.912 bits per heavy atom. The van der Waals surface area contributed by atoms with Crippen molar-refractivity contribution in [3.8, 4) is 11.5 Å². The van der Waals surface area contributed by atoms with Gasteiger partial charge in [0.15, 0.2) is 0 Å². The maximum absolute atomic E-state index is 5.37. The number of aliphatic imine (C=N–C) groups is 2. The summed E-state index contributed by atoms with van der Waals surface area (Å²) in [4.78, 5) is 9.16. The molecule has 0 aliphatic carbocycles. The molecule has 0 unspecified atom stereocenters. The highest BCUT2D eigenvalue weighted by Gasteiger charge is 2.01. The van der Waals surface area contributed by atoms with Crippen LogP contribution in [0.3, 0.4) is 0 Å². The highest BCUT2D eigenvalue weighted by Crippen LogP contribution is 2.20. The third kappa shape index (κ3) is 6.20. The number of hydrogen-bond donors (Lipinski definition) is 0. The van der Waals surface area contributed by atoms with Gasteiger partial charge in [-0.3, -0.25) is 9.98 Å². The average Bonchev–Trinajstić information content (AvgIpc) is 2.91. The molecule has 4 heteroatoms. The van der Waals surface area contributed by atoms with E-state index in [1.165, 1.54) is 11.1 Å². The normalized spacial score (nSPS) is 11.2. The molecule has 0 N–H and O–H groups in total. The molecule has 0 fully saturated rings. The molecule has 0 saturated heterocycles. The number of rotatable bonds is 9. The summed E-state index contributed by atoms with van der Waals surface area (Å²) in [5.74, 6) is 1.64. The number of methoxy groups -OCH3 is 2. The first kappa shape index (κ1) is 23.0. The Morgan fingerprint density at radius 1 is 0.529 bits per heavy atom. The molecule has 0 spiro atoms. The van der Waals surface area contributed by atoms with Crippen LogP contribution >= 0.6 is 0 Å². The smallest absolute Gasteiger partial charge is 0.127 e. The lowest BCUT2D eigenvalue weighted by Gasteiger charge is -2.05. The van der Waals surface area contributed by atoms with Crippen molar-refractivity contribution in [3.63, 3.8) is 0 Å². The highest BCUT2D eigenvalue weighted by atomic mass is 16.5. The van der Waals surface area contributed by atoms with Gasteiger partial charge in [0.25, 0.3) is 0 Å². The van der Waals surface area contributed by atoms with Crippen molar-refractivity contribution in [2.75, 3.05) is 14.2 Å². The first-order valence-corrected chi connectivity index (χ1v) is 11.3. The van der Waals surface area contributed by atoms with Gasteiger partial charge in [-0.05, 0) is 72.5 Å². The third-order valence-corrected chi connectivity index (χ3v) is 5.56. The maximum atomic E-state index is 5.37. The predicted molar refractivity (Wildman–Crippen MR) is 141 cm³/mol. The number of para-hydroxylation sites is 2. The SMILES string of the molecule is COc1ccccc1C=Nc1ccc(CCc2ccc(N=Cc3ccccc3OC)cc2)cc1. The molecular formula is C30H28N2O2. The minimum absolute atomic E-state index is 0.819. The summed E-state index contributed by atoms with van der Waals surface area (Å²) >= 11 is 0. The topological polar surface area (TPSA) is 43.2 Å². The van der Waals surface area contributed by atoms with Crippen LogP contribution in [0.2, 0.25) is 0 Å². The van der Waals surface area contributed by atoms with Crippen LogP contribution in [-0.4, -0.2) is 26.6 Å². The molecule has 0 aliphatic heterocycles. The van der Waals surface area contributed by atoms with Crippen molar-refractivity contribution < 1.29 is 9.47 Å². The van der Waals surface area contributed by atoms with Crippen LogP contribution in [0.25, 0.3) is 0 Å². The number of hydrogen-bond acceptors (Lipinski definition) is 4. The summed E-state index contributed by atoms with van der Waals surface area (Å²) in [5, 5.41) is 0. The van der Waals surface area contributed by atoms with Crippen LogP contribution in [-0.2, 0) is 12.8 Å². The van der Waals surface area contributed by atoms with Gasteiger partial charge in [-0.2, -0.15) is 0 Å². The second-order valence-electron chi connectivity index (χ2n) is 7.83. The van der Waals surface area contributed by atoms with Crippen LogP contribution in [0, 0.1) is 0 Å². The first-order valence-electron chi connectivity index (χ1n) is 11.3. The van der Waals surface area contributed by atoms with E-state index in [9.17, 15) is 0 Å². The van der Waals surface area contributed by atoms with Crippen LogP contribution in [0.4, 0.5) is 11.4 Å². The molecule has 0 radical (unpaired) electrons. The monoisotopic (exact) mass is 448 g/mol. The first-order chi connectivity index (χ1) is 16.7. The van der Waals surface area contributed by atoms with Crippen LogP contribution in [0.5, 0.6) is 11.5 Å². The van der Waals surface area contributed by atoms with Gasteiger partial charge in [0, 0.05) is 23.6 Å². The standard InChI is InChI=1S/C30H28N2O2/c1-33-29-9-5-3-7-25(29)21-31-27-17-13-23(14-18-27)11-12-24-15-19-28(20-16-24)32-22-26-8-4-6-10-30(26)34-2/h3-10,13-22H,11-12H2,1-2H3. The second kappa shape index (κ2) is 11.6. The molecule has 170 valence electrons. The van der Waals surface area contributed by atoms with Crippen molar-refractivity contribution in [1.82, 2.24) is 0 Å². The Bertz CT molecular complexity index is 1160. The van der Waals surface area contributed by atoms with Crippen LogP contribution < -0.4 is 9.47 Å². The summed E-state index contributed by atoms with van der Waals surface area (Å²) < 4.78 is 10.7. The van der Waals surface area contributed by atoms with Gasteiger partial charge in [-0.25, -0.2) is 0 Å². The van der Waals surface area contributed by atoms with Gasteiger partial charge in [-0.1, -0.05) is 48.5 Å². The van der Waals surface area contributed by atoms with Crippen molar-refractivity contribution >= 4 is 23.8 Å². The predicted octanol–water partition coefficient (Wildman–Crippen LogP) is 6.99. The van der Waals surface area contributed by atoms with E-state index < -0.39 is 0 Å². The van der Waals surface area contributed by atoms with Crippen molar-refractivity contribution in [1.29, 1.82) is 0 Å². The van der Waals surface area contributed by atoms with Gasteiger partial charge in [0.05, 0.1) is 25.6 Å². The molecule has 4 rings (SSSR count). The summed E-state index contributed by atoms with van der Waals surface area (Å²) in [5.41, 5.74) is 6.34. The molecule has 0 heterocycles. The van der Waals surface area contributed by atoms with E-state index in [2.05, 4.69) is 58.5 Å². The molecule has 0 saturated carbocycles. The summed E-state index contributed by atoms with van der Waals surface area (Å²) in [6, 6.07) is 32.5. The molecule has 4 aromatic rings. The Labute approximate surface area is 201 Å². The molecule has 0 bridgehead atoms. The zero-order valence-corrected chi connectivity index (χ0v) is 19.5. The summed E-state index contributed by atoms with van der Waals surface area (Å²) in [6.07, 6.45) is 5.62. The van der Waals surface area contributed by atoms with Crippen LogP contribution in [0.1, 0.15) is 22.3 Å². The zero-order valence-electron chi connectivity index (χ0n) is 19.5. The molecule has 0 amide bonds. The molecule has 0 atom stereocenters. The average molecular weight is 449 g/mol. The maximum Gasteiger partial charge on any atom is 0.127 e. The van der Waals surface area contributed by atoms with E-state index in [1.807, 2.05) is 61.0 Å². The van der Waals surface area contributed by atoms with E-state index in [0.29, 0.717) is 0 Å². The van der Waals surface area contributed by atoms with E-state index in [1.54, 1.807) is 14.2 Å². The van der Waals surface area contributed by atoms with E-state index in [4.69, 9.17) is 9.47 Å². The van der Waals surface area contributed by atoms with Crippen LogP contribution in [0.15, 0.2) is 107 Å². The molecule has 4 nitrogen and oxygen atoms in total.